The van der Waals surface area contributed by atoms with E-state index >= 15 is 0 Å². The minimum atomic E-state index is -0.821. The third kappa shape index (κ3) is 4.30. The maximum atomic E-state index is 4.73. The summed E-state index contributed by atoms with van der Waals surface area (Å²) in [5.41, 5.74) is 7.51. The Morgan fingerprint density at radius 2 is 1.07 bits per heavy atom. The molecule has 0 radical (unpaired) electrons. The molecule has 7 rings (SSSR count). The largest absolute Gasteiger partial charge is 0.342 e. The van der Waals surface area contributed by atoms with Crippen LogP contribution in [0.3, 0.4) is 0 Å². The quantitative estimate of drug-likeness (QED) is 0.210. The van der Waals surface area contributed by atoms with Crippen molar-refractivity contribution in [3.05, 3.63) is 168 Å². The van der Waals surface area contributed by atoms with E-state index < -0.39 is 5.54 Å². The molecule has 0 fully saturated rings. The van der Waals surface area contributed by atoms with E-state index in [9.17, 15) is 0 Å². The van der Waals surface area contributed by atoms with Gasteiger partial charge in [-0.3, -0.25) is 0 Å². The minimum Gasteiger partial charge on any atom is -0.342 e. The number of hydrogen-bond acceptors (Lipinski definition) is 4. The Labute approximate surface area is 244 Å². The molecule has 2 aromatic heterocycles. The summed E-state index contributed by atoms with van der Waals surface area (Å²) in [6, 6.07) is 48.2. The van der Waals surface area contributed by atoms with Crippen molar-refractivity contribution < 1.29 is 0 Å². The summed E-state index contributed by atoms with van der Waals surface area (Å²) in [5.74, 6) is 1.57. The smallest absolute Gasteiger partial charge is 0.184 e. The zero-order valence-electron chi connectivity index (χ0n) is 23.1. The zero-order chi connectivity index (χ0) is 28.4. The first kappa shape index (κ1) is 25.4. The summed E-state index contributed by atoms with van der Waals surface area (Å²) in [6.07, 6.45) is 1.86. The highest BCUT2D eigenvalue weighted by atomic mass is 15.6. The van der Waals surface area contributed by atoms with E-state index in [2.05, 4.69) is 136 Å². The molecule has 202 valence electrons. The molecule has 0 aliphatic carbocycles. The predicted molar refractivity (Wildman–Crippen MR) is 166 cm³/mol. The molecule has 0 bridgehead atoms. The molecule has 42 heavy (non-hydrogen) atoms. The van der Waals surface area contributed by atoms with Crippen molar-refractivity contribution in [3.8, 4) is 33.8 Å². The summed E-state index contributed by atoms with van der Waals surface area (Å²) < 4.78 is 1.98. The summed E-state index contributed by atoms with van der Waals surface area (Å²) in [5, 5.41) is 13.7. The van der Waals surface area contributed by atoms with Crippen LogP contribution in [0, 0.1) is 6.92 Å². The highest BCUT2D eigenvalue weighted by Crippen LogP contribution is 2.43. The van der Waals surface area contributed by atoms with Gasteiger partial charge in [-0.05, 0) is 50.7 Å². The second kappa shape index (κ2) is 10.7. The fourth-order valence-electron chi connectivity index (χ4n) is 5.81. The third-order valence-electron chi connectivity index (χ3n) is 7.74. The van der Waals surface area contributed by atoms with Gasteiger partial charge in [0.25, 0.3) is 0 Å². The van der Waals surface area contributed by atoms with Crippen LogP contribution in [-0.2, 0) is 5.54 Å². The molecule has 0 saturated carbocycles. The SMILES string of the molecule is Cc1ncc(-c2ccc(-c3ccccc3-c3nnnn3C(c3ccccc3)(c3ccccc3)c3ccccc3)cc2)[nH]1. The Morgan fingerprint density at radius 3 is 1.60 bits per heavy atom. The number of imidazole rings is 1. The zero-order valence-corrected chi connectivity index (χ0v) is 23.1. The maximum Gasteiger partial charge on any atom is 0.184 e. The molecule has 5 aromatic carbocycles. The van der Waals surface area contributed by atoms with E-state index in [0.29, 0.717) is 5.82 Å². The molecule has 0 aliphatic rings. The molecule has 7 aromatic rings. The number of aromatic nitrogens is 6. The topological polar surface area (TPSA) is 72.3 Å². The number of H-pyrrole nitrogens is 1. The van der Waals surface area contributed by atoms with E-state index in [1.54, 1.807) is 0 Å². The first-order chi connectivity index (χ1) is 20.7. The number of aryl methyl sites for hydroxylation is 1. The first-order valence-electron chi connectivity index (χ1n) is 13.9. The highest BCUT2D eigenvalue weighted by molar-refractivity contribution is 5.82. The van der Waals surface area contributed by atoms with Crippen LogP contribution in [-0.4, -0.2) is 30.2 Å². The van der Waals surface area contributed by atoms with E-state index in [1.807, 2.05) is 42.1 Å². The fourth-order valence-corrected chi connectivity index (χ4v) is 5.81. The summed E-state index contributed by atoms with van der Waals surface area (Å²) >= 11 is 0. The van der Waals surface area contributed by atoms with Crippen molar-refractivity contribution in [1.29, 1.82) is 0 Å². The van der Waals surface area contributed by atoms with Gasteiger partial charge in [0.1, 0.15) is 11.4 Å². The summed E-state index contributed by atoms with van der Waals surface area (Å²) in [7, 11) is 0. The molecule has 0 saturated heterocycles. The average Bonchev–Trinajstić information content (AvgIpc) is 3.73. The molecule has 6 heteroatoms. The van der Waals surface area contributed by atoms with Crippen LogP contribution in [0.15, 0.2) is 146 Å². The van der Waals surface area contributed by atoms with Crippen LogP contribution in [0.4, 0.5) is 0 Å². The Hall–Kier alpha value is -5.62. The summed E-state index contributed by atoms with van der Waals surface area (Å²) in [4.78, 5) is 7.66. The van der Waals surface area contributed by atoms with E-state index in [4.69, 9.17) is 5.21 Å². The lowest BCUT2D eigenvalue weighted by Crippen LogP contribution is -2.39. The van der Waals surface area contributed by atoms with Crippen LogP contribution < -0.4 is 0 Å². The van der Waals surface area contributed by atoms with E-state index in [-0.39, 0.29) is 0 Å². The molecule has 6 nitrogen and oxygen atoms in total. The van der Waals surface area contributed by atoms with Gasteiger partial charge >= 0.3 is 0 Å². The third-order valence-corrected chi connectivity index (χ3v) is 7.74. The predicted octanol–water partition coefficient (Wildman–Crippen LogP) is 7.55. The van der Waals surface area contributed by atoms with Crippen molar-refractivity contribution in [1.82, 2.24) is 30.2 Å². The lowest BCUT2D eigenvalue weighted by Gasteiger charge is -2.36. The number of aromatic amines is 1. The second-order valence-corrected chi connectivity index (χ2v) is 10.2. The number of benzene rings is 5. The van der Waals surface area contributed by atoms with E-state index in [0.717, 1.165) is 50.5 Å². The van der Waals surface area contributed by atoms with Crippen LogP contribution in [0.25, 0.3) is 33.8 Å². The first-order valence-corrected chi connectivity index (χ1v) is 13.9. The van der Waals surface area contributed by atoms with Crippen molar-refractivity contribution in [2.45, 2.75) is 12.5 Å². The van der Waals surface area contributed by atoms with Crippen LogP contribution in [0.1, 0.15) is 22.5 Å². The molecule has 0 spiro atoms. The number of nitrogens with one attached hydrogen (secondary N) is 1. The number of rotatable bonds is 7. The van der Waals surface area contributed by atoms with Gasteiger partial charge in [0.05, 0.1) is 11.9 Å². The van der Waals surface area contributed by atoms with Crippen LogP contribution in [0.2, 0.25) is 0 Å². The fraction of sp³-hybridized carbons (Fsp3) is 0.0556. The van der Waals surface area contributed by atoms with Gasteiger partial charge in [-0.2, -0.15) is 0 Å². The van der Waals surface area contributed by atoms with Gasteiger partial charge in [0.2, 0.25) is 0 Å². The Kier molecular flexibility index (Phi) is 6.49. The summed E-state index contributed by atoms with van der Waals surface area (Å²) in [6.45, 7) is 1.96. The van der Waals surface area contributed by atoms with E-state index in [1.165, 1.54) is 0 Å². The molecular formula is C36H28N6. The van der Waals surface area contributed by atoms with Gasteiger partial charge in [-0.1, -0.05) is 140 Å². The van der Waals surface area contributed by atoms with Crippen molar-refractivity contribution in [3.63, 3.8) is 0 Å². The van der Waals surface area contributed by atoms with Gasteiger partial charge in [-0.15, -0.1) is 5.10 Å². The highest BCUT2D eigenvalue weighted by Gasteiger charge is 2.42. The van der Waals surface area contributed by atoms with Crippen LogP contribution >= 0.6 is 0 Å². The van der Waals surface area contributed by atoms with Gasteiger partial charge in [-0.25, -0.2) is 9.67 Å². The molecule has 0 aliphatic heterocycles. The van der Waals surface area contributed by atoms with Gasteiger partial charge < -0.3 is 4.98 Å². The van der Waals surface area contributed by atoms with Crippen molar-refractivity contribution in [2.75, 3.05) is 0 Å². The molecule has 0 amide bonds. The maximum absolute atomic E-state index is 4.73. The second-order valence-electron chi connectivity index (χ2n) is 10.2. The average molecular weight is 545 g/mol. The minimum absolute atomic E-state index is 0.676. The molecular weight excluding hydrogens is 516 g/mol. The van der Waals surface area contributed by atoms with Gasteiger partial charge in [0, 0.05) is 5.56 Å². The monoisotopic (exact) mass is 544 g/mol. The van der Waals surface area contributed by atoms with Crippen molar-refractivity contribution in [2.24, 2.45) is 0 Å². The Morgan fingerprint density at radius 1 is 0.571 bits per heavy atom. The van der Waals surface area contributed by atoms with Crippen LogP contribution in [0.5, 0.6) is 0 Å². The normalized spacial score (nSPS) is 11.5. The number of hydrogen-bond donors (Lipinski definition) is 1. The Balaban J connectivity index is 1.45. The molecule has 1 N–H and O–H groups in total. The lowest BCUT2D eigenvalue weighted by atomic mass is 9.77. The lowest BCUT2D eigenvalue weighted by molar-refractivity contribution is 0.451. The molecule has 0 unspecified atom stereocenters. The molecule has 0 atom stereocenters. The molecule has 2 heterocycles. The Bertz CT molecular complexity index is 1830. The number of nitrogens with zero attached hydrogens (tertiary/aromatic N) is 5. The standard InChI is InChI=1S/C36H28N6/c1-26-37-25-34(38-26)28-23-21-27(22-24-28)32-19-11-12-20-33(32)35-39-40-41-42(35)36(29-13-5-2-6-14-29,30-15-7-3-8-16-30)31-17-9-4-10-18-31/h2-25H,1H3,(H,37,38). The van der Waals surface area contributed by atoms with Gasteiger partial charge in [0.15, 0.2) is 5.82 Å². The van der Waals surface area contributed by atoms with Crippen molar-refractivity contribution >= 4 is 0 Å². The number of tetrazole rings is 1.